The van der Waals surface area contributed by atoms with Gasteiger partial charge in [0.15, 0.2) is 43.0 Å². The van der Waals surface area contributed by atoms with Crippen LogP contribution in [-0.4, -0.2) is 128 Å². The van der Waals surface area contributed by atoms with Crippen LogP contribution in [0.25, 0.3) is 0 Å². The number of esters is 7. The number of nitrogens with one attached hydrogen (secondary N) is 1. The number of hydrogen-bond acceptors (Lipinski definition) is 19. The van der Waals surface area contributed by atoms with Crippen LogP contribution in [0.15, 0.2) is 212 Å². The van der Waals surface area contributed by atoms with Gasteiger partial charge in [0.2, 0.25) is 0 Å². The minimum absolute atomic E-state index is 0.00566. The molecule has 0 unspecified atom stereocenters. The first-order chi connectivity index (χ1) is 41.3. The first-order valence-corrected chi connectivity index (χ1v) is 27.4. The highest BCUT2D eigenvalue weighted by molar-refractivity contribution is 7.80. The highest BCUT2D eigenvalue weighted by Crippen LogP contribution is 2.37. The average molecular weight is 1170 g/mol. The van der Waals surface area contributed by atoms with Gasteiger partial charge in [0.05, 0.1) is 45.0 Å². The van der Waals surface area contributed by atoms with Crippen molar-refractivity contribution in [2.75, 3.05) is 13.2 Å². The van der Waals surface area contributed by atoms with Crippen molar-refractivity contribution in [2.45, 2.75) is 81.3 Å². The average Bonchev–Trinajstić information content (AvgIpc) is 2.93. The number of carbonyl (C=O) groups excluding carboxylic acids is 7. The molecule has 0 spiro atoms. The quantitative estimate of drug-likeness (QED) is 0.0426. The highest BCUT2D eigenvalue weighted by atomic mass is 32.1. The molecular weight excluding hydrogens is 1110 g/mol. The van der Waals surface area contributed by atoms with Gasteiger partial charge < -0.3 is 57.4 Å². The van der Waals surface area contributed by atoms with Crippen molar-refractivity contribution in [3.63, 3.8) is 0 Å². The number of hydrogen-bond donors (Lipinski definition) is 1. The topological polar surface area (TPSA) is 233 Å². The smallest absolute Gasteiger partial charge is 0.338 e. The van der Waals surface area contributed by atoms with E-state index in [1.807, 2.05) is 0 Å². The van der Waals surface area contributed by atoms with Crippen LogP contribution >= 0.6 is 12.2 Å². The molecule has 0 aromatic heterocycles. The molecule has 19 nitrogen and oxygen atoms in total. The van der Waals surface area contributed by atoms with E-state index < -0.39 is 122 Å². The highest BCUT2D eigenvalue weighted by Gasteiger charge is 2.58. The molecular formula is C65H57NO18S. The number of carbonyl (C=O) groups is 7. The van der Waals surface area contributed by atoms with Gasteiger partial charge in [-0.1, -0.05) is 127 Å². The van der Waals surface area contributed by atoms with Crippen molar-refractivity contribution in [1.82, 2.24) is 5.32 Å². The molecule has 7 aromatic carbocycles. The monoisotopic (exact) mass is 1170 g/mol. The molecule has 0 aliphatic carbocycles. The van der Waals surface area contributed by atoms with E-state index in [-0.39, 0.29) is 44.1 Å². The van der Waals surface area contributed by atoms with Crippen molar-refractivity contribution >= 4 is 59.2 Å². The fourth-order valence-electron chi connectivity index (χ4n) is 9.10. The summed E-state index contributed by atoms with van der Waals surface area (Å²) in [6, 6.07) is 54.7. The van der Waals surface area contributed by atoms with Crippen LogP contribution in [0.4, 0.5) is 0 Å². The number of ether oxygens (including phenoxy) is 11. The third-order valence-corrected chi connectivity index (χ3v) is 13.4. The van der Waals surface area contributed by atoms with Gasteiger partial charge in [-0.2, -0.15) is 0 Å². The lowest BCUT2D eigenvalue weighted by molar-refractivity contribution is -0.339. The van der Waals surface area contributed by atoms with Gasteiger partial charge in [0, 0.05) is 0 Å². The fraction of sp³-hybridized carbons (Fsp3) is 0.231. The van der Waals surface area contributed by atoms with Crippen LogP contribution in [0.3, 0.4) is 0 Å². The van der Waals surface area contributed by atoms with Gasteiger partial charge in [0.25, 0.3) is 5.17 Å². The summed E-state index contributed by atoms with van der Waals surface area (Å²) in [5.41, 5.74) is 0.384. The van der Waals surface area contributed by atoms with Crippen molar-refractivity contribution in [2.24, 2.45) is 0 Å². The molecule has 0 saturated carbocycles. The third kappa shape index (κ3) is 15.9. The molecule has 9 rings (SSSR count). The summed E-state index contributed by atoms with van der Waals surface area (Å²) >= 11 is 5.62. The van der Waals surface area contributed by atoms with Gasteiger partial charge in [-0.3, -0.25) is 0 Å². The summed E-state index contributed by atoms with van der Waals surface area (Å²) in [5.74, 6) is -6.59. The van der Waals surface area contributed by atoms with Gasteiger partial charge in [-0.25, -0.2) is 33.6 Å². The second kappa shape index (κ2) is 29.1. The van der Waals surface area contributed by atoms with Crippen molar-refractivity contribution in [1.29, 1.82) is 0 Å². The molecule has 2 saturated heterocycles. The summed E-state index contributed by atoms with van der Waals surface area (Å²) in [4.78, 5) is 100. The molecule has 7 aromatic rings. The van der Waals surface area contributed by atoms with Gasteiger partial charge in [0.1, 0.15) is 31.5 Å². The van der Waals surface area contributed by atoms with E-state index in [4.69, 9.17) is 64.3 Å². The summed E-state index contributed by atoms with van der Waals surface area (Å²) < 4.78 is 69.9. The van der Waals surface area contributed by atoms with Crippen LogP contribution in [0, 0.1) is 0 Å². The normalized spacial score (nSPS) is 21.6. The van der Waals surface area contributed by atoms with Crippen LogP contribution < -0.4 is 5.32 Å². The lowest BCUT2D eigenvalue weighted by Crippen LogP contribution is -2.69. The molecule has 2 fully saturated rings. The van der Waals surface area contributed by atoms with Gasteiger partial charge in [-0.05, 0) is 111 Å². The van der Waals surface area contributed by atoms with Gasteiger partial charge in [-0.15, -0.1) is 0 Å². The van der Waals surface area contributed by atoms with Crippen molar-refractivity contribution < 1.29 is 85.7 Å². The Labute approximate surface area is 493 Å². The lowest BCUT2D eigenvalue weighted by atomic mass is 9.95. The predicted molar refractivity (Wildman–Crippen MR) is 306 cm³/mol. The summed E-state index contributed by atoms with van der Waals surface area (Å²) in [5, 5.41) is 2.68. The predicted octanol–water partition coefficient (Wildman–Crippen LogP) is 8.96. The SMILES string of the molecule is CC(C)OC(=S)N[C@@H]1O[C@H](COC(=O)c2ccccc2)[C@@H](O[C@H]2O[C@H](COC(=O)c3ccccc3)[C@@H](OC(=O)c3ccccc3)[C@H](OC(=O)c3ccccc3)[C@H]2OC(=O)c2ccccc2)[C@H](OC(=O)c2ccccc2)[C@H]1OC(=O)c1ccccc1. The van der Waals surface area contributed by atoms with E-state index in [1.165, 1.54) is 84.9 Å². The Balaban J connectivity index is 1.22. The van der Waals surface area contributed by atoms with Crippen LogP contribution in [0.5, 0.6) is 0 Å². The Hall–Kier alpha value is -9.60. The van der Waals surface area contributed by atoms with E-state index in [9.17, 15) is 33.6 Å². The molecule has 2 heterocycles. The third-order valence-electron chi connectivity index (χ3n) is 13.2. The van der Waals surface area contributed by atoms with Gasteiger partial charge >= 0.3 is 41.8 Å². The number of thiocarbonyl (C=S) groups is 1. The molecule has 10 atom stereocenters. The van der Waals surface area contributed by atoms with Crippen LogP contribution in [-0.2, 0) is 52.1 Å². The maximum Gasteiger partial charge on any atom is 0.338 e. The molecule has 0 bridgehead atoms. The molecule has 0 radical (unpaired) electrons. The summed E-state index contributed by atoms with van der Waals surface area (Å²) in [6.45, 7) is 1.96. The second-order valence-corrected chi connectivity index (χ2v) is 19.8. The van der Waals surface area contributed by atoms with E-state index in [0.29, 0.717) is 0 Å². The maximum atomic E-state index is 14.7. The van der Waals surface area contributed by atoms with Crippen LogP contribution in [0.1, 0.15) is 86.4 Å². The Morgan fingerprint density at radius 2 is 0.659 bits per heavy atom. The zero-order valence-electron chi connectivity index (χ0n) is 45.7. The maximum absolute atomic E-state index is 14.7. The van der Waals surface area contributed by atoms with Crippen LogP contribution in [0.2, 0.25) is 0 Å². The second-order valence-electron chi connectivity index (χ2n) is 19.4. The first kappa shape index (κ1) is 60.0. The van der Waals surface area contributed by atoms with Crippen molar-refractivity contribution in [3.05, 3.63) is 251 Å². The molecule has 85 heavy (non-hydrogen) atoms. The zero-order chi connectivity index (χ0) is 59.7. The summed E-state index contributed by atoms with van der Waals surface area (Å²) in [7, 11) is 0. The van der Waals surface area contributed by atoms with E-state index in [2.05, 4.69) is 5.32 Å². The molecule has 436 valence electrons. The lowest BCUT2D eigenvalue weighted by Gasteiger charge is -2.49. The Morgan fingerprint density at radius 3 is 1.00 bits per heavy atom. The molecule has 20 heteroatoms. The molecule has 2 aliphatic heterocycles. The van der Waals surface area contributed by atoms with E-state index in [1.54, 1.807) is 141 Å². The first-order valence-electron chi connectivity index (χ1n) is 27.0. The van der Waals surface area contributed by atoms with E-state index >= 15 is 0 Å². The van der Waals surface area contributed by atoms with E-state index in [0.717, 1.165) is 0 Å². The number of rotatable bonds is 20. The Bertz CT molecular complexity index is 3380. The molecule has 1 N–H and O–H groups in total. The zero-order valence-corrected chi connectivity index (χ0v) is 46.5. The summed E-state index contributed by atoms with van der Waals surface area (Å²) in [6.07, 6.45) is -18.7. The molecule has 2 aliphatic rings. The Morgan fingerprint density at radius 1 is 0.376 bits per heavy atom. The fourth-order valence-corrected chi connectivity index (χ4v) is 9.40. The molecule has 0 amide bonds. The number of benzene rings is 7. The standard InChI is InChI=1S/C65H57NO18S/c1-40(2)76-65(85)66-56-54(82-62(72)46-34-20-8-21-35-46)52(80-60(70)44-30-16-6-17-31-44)51(48(77-56)38-74-57(67)41-24-10-3-11-25-41)84-64-55(83-63(73)47-36-22-9-23-37-47)53(81-61(71)45-32-18-7-19-33-45)50(79-59(69)43-28-14-5-15-29-43)49(78-64)39-75-58(68)42-26-12-4-13-27-42/h3-37,40,48-56,64H,38-39H2,1-2H3,(H,66,85)/t48-,49-,50-,51-,52+,53+,54-,55-,56-,64-/m1/s1. The minimum atomic E-state index is -2.08. The largest absolute Gasteiger partial charge is 0.468 e. The van der Waals surface area contributed by atoms with Crippen molar-refractivity contribution in [3.8, 4) is 0 Å². The minimum Gasteiger partial charge on any atom is -0.468 e. The Kier molecular flexibility index (Phi) is 20.5.